The summed E-state index contributed by atoms with van der Waals surface area (Å²) in [6.07, 6.45) is 3.22. The predicted octanol–water partition coefficient (Wildman–Crippen LogP) is 5.12. The third kappa shape index (κ3) is 4.68. The van der Waals surface area contributed by atoms with Gasteiger partial charge in [0.15, 0.2) is 5.13 Å². The number of amides is 1. The molecule has 3 aromatic rings. The van der Waals surface area contributed by atoms with Crippen molar-refractivity contribution >= 4 is 40.1 Å². The number of halogens is 1. The van der Waals surface area contributed by atoms with E-state index in [-0.39, 0.29) is 5.91 Å². The molecule has 6 heteroatoms. The minimum absolute atomic E-state index is 0.229. The Bertz CT molecular complexity index is 887. The van der Waals surface area contributed by atoms with Crippen molar-refractivity contribution in [1.82, 2.24) is 4.98 Å². The van der Waals surface area contributed by atoms with Gasteiger partial charge in [-0.3, -0.25) is 10.1 Å². The normalized spacial score (nSPS) is 10.8. The molecule has 0 saturated heterocycles. The largest absolute Gasteiger partial charge is 0.497 e. The topological polar surface area (TPSA) is 51.2 Å². The number of aromatic nitrogens is 1. The fraction of sp³-hybridized carbons (Fsp3) is 0.0526. The summed E-state index contributed by atoms with van der Waals surface area (Å²) in [7, 11) is 1.62. The van der Waals surface area contributed by atoms with E-state index in [9.17, 15) is 4.79 Å². The maximum absolute atomic E-state index is 12.0. The Morgan fingerprint density at radius 3 is 2.56 bits per heavy atom. The summed E-state index contributed by atoms with van der Waals surface area (Å²) in [5.41, 5.74) is 2.67. The highest BCUT2D eigenvalue weighted by Crippen LogP contribution is 2.26. The molecular weight excluding hydrogens is 356 g/mol. The van der Waals surface area contributed by atoms with Crippen LogP contribution >= 0.6 is 22.9 Å². The van der Waals surface area contributed by atoms with Crippen molar-refractivity contribution in [2.24, 2.45) is 0 Å². The highest BCUT2D eigenvalue weighted by Gasteiger charge is 2.06. The number of ether oxygens (including phenoxy) is 1. The first-order chi connectivity index (χ1) is 12.1. The van der Waals surface area contributed by atoms with Gasteiger partial charge in [-0.15, -0.1) is 11.3 Å². The van der Waals surface area contributed by atoms with Crippen molar-refractivity contribution in [2.75, 3.05) is 12.4 Å². The minimum Gasteiger partial charge on any atom is -0.497 e. The second kappa shape index (κ2) is 7.96. The number of methoxy groups -OCH3 is 1. The van der Waals surface area contributed by atoms with Crippen LogP contribution in [0, 0.1) is 0 Å². The summed E-state index contributed by atoms with van der Waals surface area (Å²) in [4.78, 5) is 16.4. The lowest BCUT2D eigenvalue weighted by atomic mass is 10.2. The highest BCUT2D eigenvalue weighted by molar-refractivity contribution is 7.14. The lowest BCUT2D eigenvalue weighted by Gasteiger charge is -1.99. The van der Waals surface area contributed by atoms with Crippen molar-refractivity contribution in [3.63, 3.8) is 0 Å². The number of nitrogens with zero attached hydrogens (tertiary/aromatic N) is 1. The van der Waals surface area contributed by atoms with Gasteiger partial charge in [-0.1, -0.05) is 35.9 Å². The van der Waals surface area contributed by atoms with Crippen molar-refractivity contribution < 1.29 is 9.53 Å². The molecule has 0 atom stereocenters. The fourth-order valence-electron chi connectivity index (χ4n) is 2.12. The molecule has 0 aliphatic heterocycles. The van der Waals surface area contributed by atoms with E-state index in [4.69, 9.17) is 16.3 Å². The first kappa shape index (κ1) is 17.2. The Kier molecular flexibility index (Phi) is 5.48. The maximum Gasteiger partial charge on any atom is 0.250 e. The van der Waals surface area contributed by atoms with Crippen LogP contribution in [0.15, 0.2) is 60.0 Å². The van der Waals surface area contributed by atoms with E-state index in [1.165, 1.54) is 17.4 Å². The third-order valence-corrected chi connectivity index (χ3v) is 4.43. The van der Waals surface area contributed by atoms with Gasteiger partial charge in [0.05, 0.1) is 12.8 Å². The lowest BCUT2D eigenvalue weighted by Crippen LogP contribution is -2.07. The molecule has 0 spiro atoms. The van der Waals surface area contributed by atoms with Crippen LogP contribution in [-0.2, 0) is 4.79 Å². The van der Waals surface area contributed by atoms with Gasteiger partial charge in [0.1, 0.15) is 5.75 Å². The van der Waals surface area contributed by atoms with Crippen LogP contribution in [0.4, 0.5) is 5.13 Å². The van der Waals surface area contributed by atoms with E-state index in [1.807, 2.05) is 53.9 Å². The number of hydrogen-bond acceptors (Lipinski definition) is 4. The third-order valence-electron chi connectivity index (χ3n) is 3.42. The number of thiazole rings is 1. The second-order valence-corrected chi connectivity index (χ2v) is 6.44. The molecule has 0 aliphatic rings. The van der Waals surface area contributed by atoms with Crippen LogP contribution < -0.4 is 10.1 Å². The predicted molar refractivity (Wildman–Crippen MR) is 103 cm³/mol. The van der Waals surface area contributed by atoms with E-state index in [0.29, 0.717) is 10.2 Å². The molecule has 3 rings (SSSR count). The number of hydrogen-bond donors (Lipinski definition) is 1. The zero-order valence-corrected chi connectivity index (χ0v) is 15.0. The van der Waals surface area contributed by atoms with Gasteiger partial charge in [-0.2, -0.15) is 0 Å². The first-order valence-electron chi connectivity index (χ1n) is 7.48. The standard InChI is InChI=1S/C19H15ClN2O2S/c1-24-16-9-2-13(3-10-16)4-11-18(23)22-19-21-17(12-25-19)14-5-7-15(20)8-6-14/h2-12H,1H3,(H,21,22,23)/b11-4-. The highest BCUT2D eigenvalue weighted by atomic mass is 35.5. The van der Waals surface area contributed by atoms with Crippen LogP contribution in [0.2, 0.25) is 5.02 Å². The Balaban J connectivity index is 1.63. The molecule has 1 aromatic heterocycles. The van der Waals surface area contributed by atoms with E-state index in [0.717, 1.165) is 22.6 Å². The minimum atomic E-state index is -0.229. The number of benzene rings is 2. The smallest absolute Gasteiger partial charge is 0.250 e. The summed E-state index contributed by atoms with van der Waals surface area (Å²) in [5.74, 6) is 0.548. The number of rotatable bonds is 5. The van der Waals surface area contributed by atoms with Crippen molar-refractivity contribution in [3.8, 4) is 17.0 Å². The summed E-state index contributed by atoms with van der Waals surface area (Å²) in [6.45, 7) is 0. The SMILES string of the molecule is COc1ccc(/C=C\C(=O)Nc2nc(-c3ccc(Cl)cc3)cs2)cc1. The van der Waals surface area contributed by atoms with Gasteiger partial charge in [-0.25, -0.2) is 4.98 Å². The number of carbonyl (C=O) groups excluding carboxylic acids is 1. The van der Waals surface area contributed by atoms with Gasteiger partial charge >= 0.3 is 0 Å². The second-order valence-electron chi connectivity index (χ2n) is 5.14. The number of carbonyl (C=O) groups is 1. The molecule has 1 N–H and O–H groups in total. The van der Waals surface area contributed by atoms with E-state index < -0.39 is 0 Å². The molecule has 0 saturated carbocycles. The van der Waals surface area contributed by atoms with Crippen molar-refractivity contribution in [3.05, 3.63) is 70.6 Å². The monoisotopic (exact) mass is 370 g/mol. The summed E-state index contributed by atoms with van der Waals surface area (Å²) in [5, 5.41) is 5.89. The van der Waals surface area contributed by atoms with Crippen LogP contribution in [0.1, 0.15) is 5.56 Å². The van der Waals surface area contributed by atoms with Gasteiger partial charge < -0.3 is 4.74 Å². The Hall–Kier alpha value is -2.63. The maximum atomic E-state index is 12.0. The van der Waals surface area contributed by atoms with Gasteiger partial charge in [0, 0.05) is 22.0 Å². The molecule has 1 heterocycles. The van der Waals surface area contributed by atoms with Gasteiger partial charge in [-0.05, 0) is 35.9 Å². The lowest BCUT2D eigenvalue weighted by molar-refractivity contribution is -0.111. The molecule has 126 valence electrons. The van der Waals surface area contributed by atoms with E-state index >= 15 is 0 Å². The molecule has 0 aliphatic carbocycles. The molecule has 2 aromatic carbocycles. The van der Waals surface area contributed by atoms with E-state index in [2.05, 4.69) is 10.3 Å². The zero-order chi connectivity index (χ0) is 17.6. The Morgan fingerprint density at radius 1 is 1.16 bits per heavy atom. The molecule has 4 nitrogen and oxygen atoms in total. The average molecular weight is 371 g/mol. The number of nitrogens with one attached hydrogen (secondary N) is 1. The fourth-order valence-corrected chi connectivity index (χ4v) is 2.97. The van der Waals surface area contributed by atoms with Gasteiger partial charge in [0.25, 0.3) is 0 Å². The zero-order valence-electron chi connectivity index (χ0n) is 13.4. The average Bonchev–Trinajstić information content (AvgIpc) is 3.09. The van der Waals surface area contributed by atoms with Crippen LogP contribution in [0.3, 0.4) is 0 Å². The summed E-state index contributed by atoms with van der Waals surface area (Å²) >= 11 is 7.26. The molecule has 0 fully saturated rings. The van der Waals surface area contributed by atoms with Gasteiger partial charge in [0.2, 0.25) is 5.91 Å². The summed E-state index contributed by atoms with van der Waals surface area (Å²) < 4.78 is 5.10. The molecule has 0 radical (unpaired) electrons. The molecule has 0 unspecified atom stereocenters. The quantitative estimate of drug-likeness (QED) is 0.634. The van der Waals surface area contributed by atoms with Crippen molar-refractivity contribution in [2.45, 2.75) is 0 Å². The number of anilines is 1. The molecular formula is C19H15ClN2O2S. The molecule has 25 heavy (non-hydrogen) atoms. The van der Waals surface area contributed by atoms with Crippen LogP contribution in [-0.4, -0.2) is 18.0 Å². The van der Waals surface area contributed by atoms with Crippen LogP contribution in [0.25, 0.3) is 17.3 Å². The Labute approximate surface area is 154 Å². The Morgan fingerprint density at radius 2 is 1.88 bits per heavy atom. The van der Waals surface area contributed by atoms with E-state index in [1.54, 1.807) is 13.2 Å². The molecule has 1 amide bonds. The first-order valence-corrected chi connectivity index (χ1v) is 8.74. The molecule has 0 bridgehead atoms. The van der Waals surface area contributed by atoms with Crippen molar-refractivity contribution in [1.29, 1.82) is 0 Å². The summed E-state index contributed by atoms with van der Waals surface area (Å²) in [6, 6.07) is 14.9. The van der Waals surface area contributed by atoms with Crippen LogP contribution in [0.5, 0.6) is 5.75 Å².